The molecule has 0 saturated heterocycles. The lowest BCUT2D eigenvalue weighted by molar-refractivity contribution is 0.336. The lowest BCUT2D eigenvalue weighted by Gasteiger charge is -2.07. The van der Waals surface area contributed by atoms with E-state index in [1.54, 1.807) is 7.05 Å². The molecular formula is C17H36N2O. The Balaban J connectivity index is 2.97. The third kappa shape index (κ3) is 15.5. The quantitative estimate of drug-likeness (QED) is 0.195. The first-order chi connectivity index (χ1) is 9.81. The molecule has 0 aromatic heterocycles. The van der Waals surface area contributed by atoms with Gasteiger partial charge in [-0.2, -0.15) is 0 Å². The van der Waals surface area contributed by atoms with Crippen molar-refractivity contribution >= 4 is 0 Å². The summed E-state index contributed by atoms with van der Waals surface area (Å²) >= 11 is 0. The van der Waals surface area contributed by atoms with Crippen molar-refractivity contribution in [1.29, 1.82) is 0 Å². The van der Waals surface area contributed by atoms with Gasteiger partial charge in [-0.05, 0) is 6.42 Å². The van der Waals surface area contributed by atoms with E-state index in [9.17, 15) is 4.91 Å². The number of nitroso groups, excluding NO2 is 1. The molecular weight excluding hydrogens is 248 g/mol. The molecule has 0 aliphatic rings. The zero-order valence-corrected chi connectivity index (χ0v) is 13.9. The van der Waals surface area contributed by atoms with Gasteiger partial charge in [0.1, 0.15) is 0 Å². The molecule has 120 valence electrons. The number of nitrogens with zero attached hydrogens (tertiary/aromatic N) is 2. The Labute approximate surface area is 126 Å². The van der Waals surface area contributed by atoms with E-state index in [4.69, 9.17) is 0 Å². The SMILES string of the molecule is CCCCCCCCCCCCCCCCN(C)N=O. The van der Waals surface area contributed by atoms with E-state index in [1.807, 2.05) is 0 Å². The molecule has 0 unspecified atom stereocenters. The molecule has 0 bridgehead atoms. The molecule has 0 fully saturated rings. The average Bonchev–Trinajstić information content (AvgIpc) is 2.47. The topological polar surface area (TPSA) is 32.7 Å². The summed E-state index contributed by atoms with van der Waals surface area (Å²) < 4.78 is 0. The standard InChI is InChI=1S/C17H36N2O/c1-3-4-5-6-7-8-9-10-11-12-13-14-15-16-17-19(2)18-20/h3-17H2,1-2H3. The lowest BCUT2D eigenvalue weighted by Crippen LogP contribution is -2.10. The van der Waals surface area contributed by atoms with Gasteiger partial charge >= 0.3 is 0 Å². The van der Waals surface area contributed by atoms with Crippen LogP contribution in [0, 0.1) is 4.91 Å². The van der Waals surface area contributed by atoms with Crippen LogP contribution in [0.25, 0.3) is 0 Å². The zero-order chi connectivity index (χ0) is 14.9. The van der Waals surface area contributed by atoms with Crippen molar-refractivity contribution in [2.45, 2.75) is 96.8 Å². The summed E-state index contributed by atoms with van der Waals surface area (Å²) in [5.41, 5.74) is 0. The number of hydrogen-bond donors (Lipinski definition) is 0. The summed E-state index contributed by atoms with van der Waals surface area (Å²) in [6.45, 7) is 3.08. The van der Waals surface area contributed by atoms with Crippen LogP contribution in [0.1, 0.15) is 96.8 Å². The van der Waals surface area contributed by atoms with Gasteiger partial charge in [0.2, 0.25) is 0 Å². The molecule has 0 atom stereocenters. The second-order valence-electron chi connectivity index (χ2n) is 6.06. The lowest BCUT2D eigenvalue weighted by atomic mass is 10.0. The van der Waals surface area contributed by atoms with E-state index < -0.39 is 0 Å². The Morgan fingerprint density at radius 2 is 1.00 bits per heavy atom. The summed E-state index contributed by atoms with van der Waals surface area (Å²) in [4.78, 5) is 10.1. The van der Waals surface area contributed by atoms with E-state index in [0.717, 1.165) is 13.0 Å². The number of rotatable bonds is 16. The Morgan fingerprint density at radius 3 is 1.35 bits per heavy atom. The van der Waals surface area contributed by atoms with E-state index >= 15 is 0 Å². The molecule has 0 N–H and O–H groups in total. The third-order valence-electron chi connectivity index (χ3n) is 3.97. The van der Waals surface area contributed by atoms with Gasteiger partial charge in [-0.15, -0.1) is 4.91 Å². The van der Waals surface area contributed by atoms with Crippen molar-refractivity contribution in [3.05, 3.63) is 4.91 Å². The molecule has 3 nitrogen and oxygen atoms in total. The Kier molecular flexibility index (Phi) is 16.0. The highest BCUT2D eigenvalue weighted by Gasteiger charge is 1.96. The molecule has 0 amide bonds. The second-order valence-corrected chi connectivity index (χ2v) is 6.06. The van der Waals surface area contributed by atoms with Crippen LogP contribution in [0.5, 0.6) is 0 Å². The maximum Gasteiger partial charge on any atom is 0.0521 e. The first kappa shape index (κ1) is 19.4. The van der Waals surface area contributed by atoms with Gasteiger partial charge in [0.15, 0.2) is 0 Å². The maximum absolute atomic E-state index is 10.1. The van der Waals surface area contributed by atoms with Crippen molar-refractivity contribution in [3.8, 4) is 0 Å². The minimum Gasteiger partial charge on any atom is -0.264 e. The van der Waals surface area contributed by atoms with E-state index in [1.165, 1.54) is 88.5 Å². The Morgan fingerprint density at radius 1 is 0.650 bits per heavy atom. The Bertz CT molecular complexity index is 197. The van der Waals surface area contributed by atoms with Crippen LogP contribution in [-0.4, -0.2) is 18.6 Å². The average molecular weight is 284 g/mol. The zero-order valence-electron chi connectivity index (χ0n) is 13.9. The van der Waals surface area contributed by atoms with Crippen molar-refractivity contribution in [3.63, 3.8) is 0 Å². The molecule has 0 aliphatic heterocycles. The molecule has 3 heteroatoms. The monoisotopic (exact) mass is 284 g/mol. The molecule has 20 heavy (non-hydrogen) atoms. The predicted octanol–water partition coefficient (Wildman–Crippen LogP) is 6.08. The normalized spacial score (nSPS) is 10.7. The minimum atomic E-state index is 0.807. The van der Waals surface area contributed by atoms with Crippen molar-refractivity contribution in [2.24, 2.45) is 5.29 Å². The third-order valence-corrected chi connectivity index (χ3v) is 3.97. The number of unbranched alkanes of at least 4 members (excludes halogenated alkanes) is 13. The van der Waals surface area contributed by atoms with Crippen molar-refractivity contribution in [2.75, 3.05) is 13.6 Å². The molecule has 0 radical (unpaired) electrons. The van der Waals surface area contributed by atoms with Gasteiger partial charge in [0.05, 0.1) is 5.29 Å². The summed E-state index contributed by atoms with van der Waals surface area (Å²) in [7, 11) is 1.75. The van der Waals surface area contributed by atoms with E-state index in [2.05, 4.69) is 12.2 Å². The molecule has 0 spiro atoms. The fraction of sp³-hybridized carbons (Fsp3) is 1.00. The smallest absolute Gasteiger partial charge is 0.0521 e. The Hall–Kier alpha value is -0.600. The van der Waals surface area contributed by atoms with Gasteiger partial charge in [0, 0.05) is 13.6 Å². The summed E-state index contributed by atoms with van der Waals surface area (Å²) in [6, 6.07) is 0. The molecule has 0 aromatic rings. The highest BCUT2D eigenvalue weighted by molar-refractivity contribution is 4.50. The highest BCUT2D eigenvalue weighted by Crippen LogP contribution is 2.12. The fourth-order valence-corrected chi connectivity index (χ4v) is 2.58. The number of hydrogen-bond acceptors (Lipinski definition) is 2. The second kappa shape index (κ2) is 16.5. The van der Waals surface area contributed by atoms with Crippen LogP contribution < -0.4 is 0 Å². The molecule has 0 heterocycles. The van der Waals surface area contributed by atoms with Crippen molar-refractivity contribution in [1.82, 2.24) is 5.01 Å². The first-order valence-corrected chi connectivity index (χ1v) is 8.85. The molecule has 0 saturated carbocycles. The molecule has 0 rings (SSSR count). The minimum absolute atomic E-state index is 0.807. The van der Waals surface area contributed by atoms with Crippen molar-refractivity contribution < 1.29 is 0 Å². The van der Waals surface area contributed by atoms with Crippen LogP contribution in [0.3, 0.4) is 0 Å². The van der Waals surface area contributed by atoms with Crippen LogP contribution in [0.15, 0.2) is 5.29 Å². The highest BCUT2D eigenvalue weighted by atomic mass is 16.3. The van der Waals surface area contributed by atoms with Gasteiger partial charge in [0.25, 0.3) is 0 Å². The van der Waals surface area contributed by atoms with Crippen LogP contribution in [-0.2, 0) is 0 Å². The summed E-state index contributed by atoms with van der Waals surface area (Å²) in [5.74, 6) is 0. The van der Waals surface area contributed by atoms with Crippen LogP contribution in [0.2, 0.25) is 0 Å². The van der Waals surface area contributed by atoms with Gasteiger partial charge in [-0.1, -0.05) is 90.4 Å². The van der Waals surface area contributed by atoms with Gasteiger partial charge in [-0.3, -0.25) is 5.01 Å². The van der Waals surface area contributed by atoms with Gasteiger partial charge in [-0.25, -0.2) is 0 Å². The predicted molar refractivity (Wildman–Crippen MR) is 88.7 cm³/mol. The van der Waals surface area contributed by atoms with Gasteiger partial charge < -0.3 is 0 Å². The molecule has 0 aromatic carbocycles. The van der Waals surface area contributed by atoms with Crippen LogP contribution >= 0.6 is 0 Å². The van der Waals surface area contributed by atoms with Crippen LogP contribution in [0.4, 0.5) is 0 Å². The largest absolute Gasteiger partial charge is 0.264 e. The summed E-state index contributed by atoms with van der Waals surface area (Å²) in [5, 5.41) is 4.36. The van der Waals surface area contributed by atoms with E-state index in [0.29, 0.717) is 0 Å². The molecule has 0 aliphatic carbocycles. The summed E-state index contributed by atoms with van der Waals surface area (Å²) in [6.07, 6.45) is 19.2. The maximum atomic E-state index is 10.1. The fourth-order valence-electron chi connectivity index (χ4n) is 2.58. The van der Waals surface area contributed by atoms with E-state index in [-0.39, 0.29) is 0 Å². The first-order valence-electron chi connectivity index (χ1n) is 8.85.